The van der Waals surface area contributed by atoms with Crippen LogP contribution in [0.4, 0.5) is 26.3 Å². The number of hydrogen-bond donors (Lipinski definition) is 2. The average Bonchev–Trinajstić information content (AvgIpc) is 3.27. The highest BCUT2D eigenvalue weighted by Gasteiger charge is 2.39. The molecule has 14 heteroatoms. The number of H-pyrrole nitrogens is 1. The third kappa shape index (κ3) is 6.02. The van der Waals surface area contributed by atoms with Gasteiger partial charge in [0.2, 0.25) is 0 Å². The maximum Gasteiger partial charge on any atom is 0.573 e. The lowest BCUT2D eigenvalue weighted by Gasteiger charge is -2.19. The van der Waals surface area contributed by atoms with E-state index in [1.165, 1.54) is 18.2 Å². The summed E-state index contributed by atoms with van der Waals surface area (Å²) in [5.41, 5.74) is -1.51. The number of benzene rings is 2. The van der Waals surface area contributed by atoms with Crippen molar-refractivity contribution in [1.29, 1.82) is 0 Å². The molecular weight excluding hydrogens is 542 g/mol. The van der Waals surface area contributed by atoms with Crippen LogP contribution in [-0.4, -0.2) is 33.3 Å². The number of aliphatic hydroxyl groups is 1. The third-order valence-corrected chi connectivity index (χ3v) is 6.61. The van der Waals surface area contributed by atoms with Crippen LogP contribution in [0.15, 0.2) is 64.2 Å². The predicted octanol–water partition coefficient (Wildman–Crippen LogP) is 5.38. The molecule has 0 amide bonds. The van der Waals surface area contributed by atoms with E-state index < -0.39 is 48.3 Å². The molecule has 202 valence electrons. The number of rotatable bonds is 7. The van der Waals surface area contributed by atoms with E-state index in [0.29, 0.717) is 10.1 Å². The largest absolute Gasteiger partial charge is 0.573 e. The van der Waals surface area contributed by atoms with Gasteiger partial charge in [0.15, 0.2) is 17.6 Å². The van der Waals surface area contributed by atoms with E-state index in [1.807, 2.05) is 4.98 Å². The van der Waals surface area contributed by atoms with E-state index in [1.54, 1.807) is 37.3 Å². The van der Waals surface area contributed by atoms with Crippen molar-refractivity contribution in [3.05, 3.63) is 81.0 Å². The Bertz CT molecular complexity index is 1560. The molecule has 0 radical (unpaired) electrons. The van der Waals surface area contributed by atoms with Gasteiger partial charge in [-0.15, -0.1) is 24.5 Å². The number of nitrogens with zero attached hydrogens (tertiary/aromatic N) is 1. The quantitative estimate of drug-likeness (QED) is 0.296. The molecule has 2 atom stereocenters. The minimum Gasteiger partial charge on any atom is -0.482 e. The Balaban J connectivity index is 1.77. The van der Waals surface area contributed by atoms with Gasteiger partial charge in [-0.3, -0.25) is 14.3 Å². The molecule has 2 N–H and O–H groups in total. The highest BCUT2D eigenvalue weighted by atomic mass is 32.1. The maximum absolute atomic E-state index is 13.2. The van der Waals surface area contributed by atoms with Crippen LogP contribution in [0.2, 0.25) is 0 Å². The van der Waals surface area contributed by atoms with E-state index in [9.17, 15) is 41.0 Å². The fraction of sp³-hybridized carbons (Fsp3) is 0.250. The first kappa shape index (κ1) is 27.3. The molecule has 0 saturated carbocycles. The molecule has 2 unspecified atom stereocenters. The van der Waals surface area contributed by atoms with Crippen molar-refractivity contribution >= 4 is 21.6 Å². The summed E-state index contributed by atoms with van der Waals surface area (Å²) in [5, 5.41) is 9.44. The minimum absolute atomic E-state index is 0.111. The number of aliphatic hydroxyl groups excluding tert-OH is 1. The van der Waals surface area contributed by atoms with E-state index in [-0.39, 0.29) is 26.4 Å². The second kappa shape index (κ2) is 10.2. The number of ether oxygens (including phenoxy) is 2. The Morgan fingerprint density at radius 2 is 1.68 bits per heavy atom. The molecule has 7 nitrogen and oxygen atoms in total. The van der Waals surface area contributed by atoms with Gasteiger partial charge >= 0.3 is 18.2 Å². The normalized spacial score (nSPS) is 13.9. The summed E-state index contributed by atoms with van der Waals surface area (Å²) in [5.74, 6) is -0.916. The zero-order valence-electron chi connectivity index (χ0n) is 19.3. The summed E-state index contributed by atoms with van der Waals surface area (Å²) in [7, 11) is 0. The van der Waals surface area contributed by atoms with Crippen LogP contribution in [-0.2, 0) is 6.54 Å². The number of fused-ring (bicyclic) bond motifs is 1. The summed E-state index contributed by atoms with van der Waals surface area (Å²) in [6, 6.07) is 13.5. The monoisotopic (exact) mass is 560 g/mol. The van der Waals surface area contributed by atoms with E-state index >= 15 is 0 Å². The van der Waals surface area contributed by atoms with Crippen molar-refractivity contribution in [2.75, 3.05) is 0 Å². The van der Waals surface area contributed by atoms with Crippen LogP contribution in [0.25, 0.3) is 20.7 Å². The molecule has 0 spiro atoms. The maximum atomic E-state index is 13.2. The van der Waals surface area contributed by atoms with E-state index in [4.69, 9.17) is 4.74 Å². The van der Waals surface area contributed by atoms with Crippen molar-refractivity contribution < 1.29 is 40.9 Å². The fourth-order valence-corrected chi connectivity index (χ4v) is 4.67. The summed E-state index contributed by atoms with van der Waals surface area (Å²) in [4.78, 5) is 26.6. The number of aromatic nitrogens is 2. The Hall–Kier alpha value is -3.78. The highest BCUT2D eigenvalue weighted by molar-refractivity contribution is 7.22. The molecule has 0 aliphatic heterocycles. The van der Waals surface area contributed by atoms with E-state index in [2.05, 4.69) is 4.74 Å². The molecule has 0 fully saturated rings. The summed E-state index contributed by atoms with van der Waals surface area (Å²) in [6.07, 6.45) is -13.6. The first-order chi connectivity index (χ1) is 17.7. The van der Waals surface area contributed by atoms with Gasteiger partial charge in [0.05, 0.1) is 12.1 Å². The molecule has 0 bridgehead atoms. The van der Waals surface area contributed by atoms with Gasteiger partial charge in [-0.1, -0.05) is 30.3 Å². The standard InChI is InChI=1S/C24H18F6N2O5S/c1-12(13-5-3-2-4-6-13)36-16-8-7-14(9-17(16)37-24(28,29)30)18-10-15-20(38-18)21(34)31-22(35)32(15)11-19(33)23(25,26)27/h2-10,12,19,33H,11H2,1H3,(H,31,34,35). The van der Waals surface area contributed by atoms with Crippen molar-refractivity contribution in [3.63, 3.8) is 0 Å². The molecule has 0 aliphatic rings. The topological polar surface area (TPSA) is 93.6 Å². The first-order valence-corrected chi connectivity index (χ1v) is 11.7. The molecule has 38 heavy (non-hydrogen) atoms. The van der Waals surface area contributed by atoms with Gasteiger partial charge in [0, 0.05) is 4.88 Å². The molecule has 0 saturated heterocycles. The smallest absolute Gasteiger partial charge is 0.482 e. The molecule has 2 heterocycles. The minimum atomic E-state index is -5.07. The number of nitrogens with one attached hydrogen (secondary N) is 1. The van der Waals surface area contributed by atoms with Crippen LogP contribution in [0.3, 0.4) is 0 Å². The average molecular weight is 560 g/mol. The number of thiophene rings is 1. The third-order valence-electron chi connectivity index (χ3n) is 5.44. The summed E-state index contributed by atoms with van der Waals surface area (Å²) >= 11 is 0.734. The number of halogens is 6. The fourth-order valence-electron chi connectivity index (χ4n) is 3.62. The van der Waals surface area contributed by atoms with Gasteiger partial charge in [-0.2, -0.15) is 13.2 Å². The number of aromatic amines is 1. The molecule has 2 aromatic carbocycles. The van der Waals surface area contributed by atoms with Crippen molar-refractivity contribution in [3.8, 4) is 21.9 Å². The lowest BCUT2D eigenvalue weighted by Crippen LogP contribution is -2.38. The predicted molar refractivity (Wildman–Crippen MR) is 126 cm³/mol. The van der Waals surface area contributed by atoms with Crippen LogP contribution in [0.5, 0.6) is 11.5 Å². The number of alkyl halides is 6. The van der Waals surface area contributed by atoms with Crippen LogP contribution < -0.4 is 20.7 Å². The Kier molecular flexibility index (Phi) is 7.30. The lowest BCUT2D eigenvalue weighted by molar-refractivity contribution is -0.275. The van der Waals surface area contributed by atoms with Crippen LogP contribution in [0.1, 0.15) is 18.6 Å². The van der Waals surface area contributed by atoms with E-state index in [0.717, 1.165) is 17.4 Å². The van der Waals surface area contributed by atoms with Crippen LogP contribution >= 0.6 is 11.3 Å². The van der Waals surface area contributed by atoms with Gasteiger partial charge in [-0.25, -0.2) is 4.79 Å². The summed E-state index contributed by atoms with van der Waals surface area (Å²) < 4.78 is 88.4. The van der Waals surface area contributed by atoms with Gasteiger partial charge in [-0.05, 0) is 42.3 Å². The molecule has 4 rings (SSSR count). The van der Waals surface area contributed by atoms with Crippen molar-refractivity contribution in [2.24, 2.45) is 0 Å². The van der Waals surface area contributed by atoms with Crippen molar-refractivity contribution in [2.45, 2.75) is 38.2 Å². The van der Waals surface area contributed by atoms with Gasteiger partial charge in [0.25, 0.3) is 5.56 Å². The Labute approximate surface area is 213 Å². The zero-order valence-corrected chi connectivity index (χ0v) is 20.1. The molecule has 4 aromatic rings. The Morgan fingerprint density at radius 3 is 2.32 bits per heavy atom. The van der Waals surface area contributed by atoms with Crippen LogP contribution in [0, 0.1) is 0 Å². The second-order valence-electron chi connectivity index (χ2n) is 8.13. The molecule has 2 aromatic heterocycles. The summed E-state index contributed by atoms with van der Waals surface area (Å²) in [6.45, 7) is 0.436. The van der Waals surface area contributed by atoms with Gasteiger partial charge in [0.1, 0.15) is 10.8 Å². The first-order valence-electron chi connectivity index (χ1n) is 10.9. The highest BCUT2D eigenvalue weighted by Crippen LogP contribution is 2.40. The molecular formula is C24H18F6N2O5S. The number of hydrogen-bond acceptors (Lipinski definition) is 6. The van der Waals surface area contributed by atoms with Gasteiger partial charge < -0.3 is 14.6 Å². The SMILES string of the molecule is CC(Oc1ccc(-c2cc3c(s2)c(=O)[nH]c(=O)n3CC(O)C(F)(F)F)cc1OC(F)(F)F)c1ccccc1. The zero-order chi connectivity index (χ0) is 27.8. The Morgan fingerprint density at radius 1 is 1.00 bits per heavy atom. The van der Waals surface area contributed by atoms with Crippen molar-refractivity contribution in [1.82, 2.24) is 9.55 Å². The second-order valence-corrected chi connectivity index (χ2v) is 9.18. The lowest BCUT2D eigenvalue weighted by atomic mass is 10.1. The molecule has 0 aliphatic carbocycles.